The quantitative estimate of drug-likeness (QED) is 0.843. The molecule has 1 aromatic heterocycles. The first-order valence-corrected chi connectivity index (χ1v) is 5.30. The second-order valence-electron chi connectivity index (χ2n) is 3.36. The van der Waals surface area contributed by atoms with Gasteiger partial charge >= 0.3 is 0 Å². The summed E-state index contributed by atoms with van der Waals surface area (Å²) in [6.07, 6.45) is 1.82. The van der Waals surface area contributed by atoms with Crippen LogP contribution in [-0.4, -0.2) is 10.9 Å². The Bertz CT molecular complexity index is 480. The van der Waals surface area contributed by atoms with Gasteiger partial charge in [0, 0.05) is 11.9 Å². The lowest BCUT2D eigenvalue weighted by molar-refractivity contribution is 0.0950. The first-order chi connectivity index (χ1) is 7.77. The van der Waals surface area contributed by atoms with Gasteiger partial charge in [0.1, 0.15) is 0 Å². The van der Waals surface area contributed by atoms with Gasteiger partial charge in [-0.25, -0.2) is 0 Å². The van der Waals surface area contributed by atoms with Crippen LogP contribution in [0.2, 0.25) is 5.02 Å². The molecule has 16 heavy (non-hydrogen) atoms. The zero-order chi connectivity index (χ0) is 11.4. The van der Waals surface area contributed by atoms with Gasteiger partial charge in [0.15, 0.2) is 0 Å². The fourth-order valence-electron chi connectivity index (χ4n) is 1.39. The van der Waals surface area contributed by atoms with Gasteiger partial charge in [-0.2, -0.15) is 0 Å². The average Bonchev–Trinajstić information content (AvgIpc) is 2.79. The highest BCUT2D eigenvalue weighted by atomic mass is 35.5. The van der Waals surface area contributed by atoms with Crippen molar-refractivity contribution >= 4 is 17.5 Å². The van der Waals surface area contributed by atoms with Crippen molar-refractivity contribution in [2.45, 2.75) is 6.54 Å². The number of H-pyrrole nitrogens is 1. The van der Waals surface area contributed by atoms with Gasteiger partial charge in [-0.1, -0.05) is 23.7 Å². The smallest absolute Gasteiger partial charge is 0.253 e. The van der Waals surface area contributed by atoms with Gasteiger partial charge in [-0.15, -0.1) is 0 Å². The van der Waals surface area contributed by atoms with Crippen LogP contribution >= 0.6 is 11.6 Å². The van der Waals surface area contributed by atoms with Crippen LogP contribution in [0.5, 0.6) is 0 Å². The maximum atomic E-state index is 11.8. The van der Waals surface area contributed by atoms with Gasteiger partial charge in [0.25, 0.3) is 5.91 Å². The van der Waals surface area contributed by atoms with Crippen LogP contribution in [-0.2, 0) is 6.54 Å². The van der Waals surface area contributed by atoms with E-state index in [-0.39, 0.29) is 5.91 Å². The van der Waals surface area contributed by atoms with E-state index >= 15 is 0 Å². The minimum Gasteiger partial charge on any atom is -0.364 e. The summed E-state index contributed by atoms with van der Waals surface area (Å²) < 4.78 is 0. The van der Waals surface area contributed by atoms with Crippen molar-refractivity contribution in [3.63, 3.8) is 0 Å². The molecule has 2 rings (SSSR count). The molecule has 0 aliphatic rings. The summed E-state index contributed by atoms with van der Waals surface area (Å²) in [6, 6.07) is 10.8. The van der Waals surface area contributed by atoms with Crippen LogP contribution in [0.4, 0.5) is 0 Å². The van der Waals surface area contributed by atoms with Crippen molar-refractivity contribution in [2.75, 3.05) is 0 Å². The molecule has 1 amide bonds. The molecule has 0 saturated carbocycles. The molecule has 2 aromatic rings. The van der Waals surface area contributed by atoms with Gasteiger partial charge in [-0.05, 0) is 24.3 Å². The summed E-state index contributed by atoms with van der Waals surface area (Å²) >= 11 is 5.91. The van der Waals surface area contributed by atoms with Crippen LogP contribution in [0.1, 0.15) is 16.1 Å². The Labute approximate surface area is 98.4 Å². The number of aromatic nitrogens is 1. The molecule has 1 heterocycles. The van der Waals surface area contributed by atoms with Crippen molar-refractivity contribution in [2.24, 2.45) is 0 Å². The lowest BCUT2D eigenvalue weighted by atomic mass is 10.2. The molecular formula is C12H11ClN2O. The van der Waals surface area contributed by atoms with Crippen LogP contribution in [0.3, 0.4) is 0 Å². The number of benzene rings is 1. The Hall–Kier alpha value is -1.74. The standard InChI is InChI=1S/C12H11ClN2O/c13-11-6-2-1-5-10(11)12(16)15-8-9-4-3-7-14-9/h1-7,14H,8H2,(H,15,16). The molecular weight excluding hydrogens is 224 g/mol. The van der Waals surface area contributed by atoms with Crippen LogP contribution in [0.25, 0.3) is 0 Å². The number of hydrogen-bond donors (Lipinski definition) is 2. The van der Waals surface area contributed by atoms with E-state index in [4.69, 9.17) is 11.6 Å². The molecule has 0 spiro atoms. The van der Waals surface area contributed by atoms with E-state index in [0.717, 1.165) is 5.69 Å². The summed E-state index contributed by atoms with van der Waals surface area (Å²) in [6.45, 7) is 0.469. The Morgan fingerprint density at radius 3 is 2.75 bits per heavy atom. The van der Waals surface area contributed by atoms with Crippen LogP contribution in [0.15, 0.2) is 42.6 Å². The number of carbonyl (C=O) groups excluding carboxylic acids is 1. The van der Waals surface area contributed by atoms with E-state index in [1.165, 1.54) is 0 Å². The van der Waals surface area contributed by atoms with E-state index in [1.54, 1.807) is 24.3 Å². The number of aromatic amines is 1. The van der Waals surface area contributed by atoms with Crippen molar-refractivity contribution in [3.05, 3.63) is 58.9 Å². The van der Waals surface area contributed by atoms with Crippen molar-refractivity contribution in [1.29, 1.82) is 0 Å². The minimum atomic E-state index is -0.166. The lowest BCUT2D eigenvalue weighted by Gasteiger charge is -2.05. The fourth-order valence-corrected chi connectivity index (χ4v) is 1.62. The molecule has 1 aromatic carbocycles. The third kappa shape index (κ3) is 2.44. The Morgan fingerprint density at radius 1 is 1.25 bits per heavy atom. The number of nitrogens with one attached hydrogen (secondary N) is 2. The first kappa shape index (κ1) is 10.8. The molecule has 0 saturated heterocycles. The Kier molecular flexibility index (Phi) is 3.27. The van der Waals surface area contributed by atoms with E-state index < -0.39 is 0 Å². The minimum absolute atomic E-state index is 0.166. The molecule has 0 bridgehead atoms. The summed E-state index contributed by atoms with van der Waals surface area (Å²) in [5.74, 6) is -0.166. The predicted molar refractivity (Wildman–Crippen MR) is 63.4 cm³/mol. The lowest BCUT2D eigenvalue weighted by Crippen LogP contribution is -2.23. The zero-order valence-electron chi connectivity index (χ0n) is 8.53. The molecule has 0 atom stereocenters. The maximum Gasteiger partial charge on any atom is 0.253 e. The van der Waals surface area contributed by atoms with E-state index in [0.29, 0.717) is 17.1 Å². The van der Waals surface area contributed by atoms with Gasteiger partial charge in [0.2, 0.25) is 0 Å². The van der Waals surface area contributed by atoms with Gasteiger partial charge in [-0.3, -0.25) is 4.79 Å². The summed E-state index contributed by atoms with van der Waals surface area (Å²) in [4.78, 5) is 14.8. The third-order valence-corrected chi connectivity index (χ3v) is 2.55. The summed E-state index contributed by atoms with van der Waals surface area (Å²) in [5.41, 5.74) is 1.45. The highest BCUT2D eigenvalue weighted by Gasteiger charge is 2.08. The van der Waals surface area contributed by atoms with E-state index in [2.05, 4.69) is 10.3 Å². The molecule has 82 valence electrons. The largest absolute Gasteiger partial charge is 0.364 e. The zero-order valence-corrected chi connectivity index (χ0v) is 9.29. The number of hydrogen-bond acceptors (Lipinski definition) is 1. The number of amides is 1. The Balaban J connectivity index is 2.01. The molecule has 0 unspecified atom stereocenters. The molecule has 4 heteroatoms. The topological polar surface area (TPSA) is 44.9 Å². The van der Waals surface area contributed by atoms with Crippen molar-refractivity contribution < 1.29 is 4.79 Å². The van der Waals surface area contributed by atoms with Gasteiger partial charge in [0.05, 0.1) is 17.1 Å². The molecule has 0 radical (unpaired) electrons. The highest BCUT2D eigenvalue weighted by molar-refractivity contribution is 6.33. The molecule has 0 aliphatic carbocycles. The monoisotopic (exact) mass is 234 g/mol. The average molecular weight is 235 g/mol. The maximum absolute atomic E-state index is 11.8. The Morgan fingerprint density at radius 2 is 2.06 bits per heavy atom. The fraction of sp³-hybridized carbons (Fsp3) is 0.0833. The van der Waals surface area contributed by atoms with Gasteiger partial charge < -0.3 is 10.3 Å². The van der Waals surface area contributed by atoms with Crippen molar-refractivity contribution in [1.82, 2.24) is 10.3 Å². The van der Waals surface area contributed by atoms with Crippen LogP contribution < -0.4 is 5.32 Å². The second kappa shape index (κ2) is 4.86. The van der Waals surface area contributed by atoms with Crippen LogP contribution in [0, 0.1) is 0 Å². The SMILES string of the molecule is O=C(NCc1ccc[nH]1)c1ccccc1Cl. The number of halogens is 1. The third-order valence-electron chi connectivity index (χ3n) is 2.22. The predicted octanol–water partition coefficient (Wildman–Crippen LogP) is 2.60. The van der Waals surface area contributed by atoms with Crippen molar-refractivity contribution in [3.8, 4) is 0 Å². The summed E-state index contributed by atoms with van der Waals surface area (Å²) in [7, 11) is 0. The van der Waals surface area contributed by atoms with E-state index in [9.17, 15) is 4.79 Å². The van der Waals surface area contributed by atoms with E-state index in [1.807, 2.05) is 18.3 Å². The highest BCUT2D eigenvalue weighted by Crippen LogP contribution is 2.14. The molecule has 0 aliphatic heterocycles. The second-order valence-corrected chi connectivity index (χ2v) is 3.77. The summed E-state index contributed by atoms with van der Waals surface area (Å²) in [5, 5.41) is 3.25. The number of rotatable bonds is 3. The molecule has 2 N–H and O–H groups in total. The normalized spacial score (nSPS) is 10.1. The first-order valence-electron chi connectivity index (χ1n) is 4.92. The number of carbonyl (C=O) groups is 1. The molecule has 0 fully saturated rings. The molecule has 3 nitrogen and oxygen atoms in total.